The van der Waals surface area contributed by atoms with Gasteiger partial charge in [-0.1, -0.05) is 22.9 Å². The Kier molecular flexibility index (Phi) is 4.42. The van der Waals surface area contributed by atoms with Crippen LogP contribution in [0.2, 0.25) is 5.02 Å². The first-order valence-corrected chi connectivity index (χ1v) is 8.55. The molecule has 2 aromatic heterocycles. The zero-order valence-electron chi connectivity index (χ0n) is 11.6. The van der Waals surface area contributed by atoms with Crippen molar-refractivity contribution in [1.82, 2.24) is 9.97 Å². The number of rotatable bonds is 3. The second kappa shape index (κ2) is 6.32. The maximum absolute atomic E-state index is 12.7. The van der Waals surface area contributed by atoms with Crippen molar-refractivity contribution in [3.05, 3.63) is 51.7 Å². The topological polar surface area (TPSA) is 46.1 Å². The summed E-state index contributed by atoms with van der Waals surface area (Å²) in [5.41, 5.74) is 1.32. The lowest BCUT2D eigenvalue weighted by molar-refractivity contribution is 0.0988. The summed E-state index contributed by atoms with van der Waals surface area (Å²) >= 11 is 10.8. The van der Waals surface area contributed by atoms with Crippen LogP contribution in [-0.2, 0) is 0 Å². The first kappa shape index (κ1) is 15.4. The predicted molar refractivity (Wildman–Crippen MR) is 93.9 cm³/mol. The second-order valence-electron chi connectivity index (χ2n) is 4.55. The Morgan fingerprint density at radius 1 is 1.36 bits per heavy atom. The van der Waals surface area contributed by atoms with Crippen LogP contribution in [0.25, 0.3) is 10.2 Å². The molecule has 112 valence electrons. The lowest BCUT2D eigenvalue weighted by Gasteiger charge is -2.17. The monoisotopic (exact) mass is 395 g/mol. The maximum atomic E-state index is 12.7. The lowest BCUT2D eigenvalue weighted by Crippen LogP contribution is -2.30. The van der Waals surface area contributed by atoms with Crippen LogP contribution in [0.4, 0.5) is 5.13 Å². The Bertz CT molecular complexity index is 852. The first-order chi connectivity index (χ1) is 10.6. The van der Waals surface area contributed by atoms with Gasteiger partial charge in [0.1, 0.15) is 0 Å². The van der Waals surface area contributed by atoms with Crippen LogP contribution in [0.3, 0.4) is 0 Å². The van der Waals surface area contributed by atoms with Gasteiger partial charge in [0.15, 0.2) is 5.13 Å². The van der Waals surface area contributed by atoms with Gasteiger partial charge >= 0.3 is 0 Å². The molecule has 0 bridgehead atoms. The normalized spacial score (nSPS) is 10.9. The Hall–Kier alpha value is -1.50. The molecule has 0 radical (unpaired) electrons. The zero-order valence-corrected chi connectivity index (χ0v) is 14.7. The van der Waals surface area contributed by atoms with Crippen LogP contribution in [-0.4, -0.2) is 22.4 Å². The SMILES string of the molecule is CCN(C(=O)c1cncc(Br)c1)c1nc2cc(Cl)ccc2s1. The number of carbonyl (C=O) groups is 1. The van der Waals surface area contributed by atoms with E-state index < -0.39 is 0 Å². The summed E-state index contributed by atoms with van der Waals surface area (Å²) in [5, 5.41) is 1.29. The van der Waals surface area contributed by atoms with E-state index in [0.29, 0.717) is 22.3 Å². The minimum Gasteiger partial charge on any atom is -0.284 e. The molecule has 7 heteroatoms. The van der Waals surface area contributed by atoms with Crippen LogP contribution in [0, 0.1) is 0 Å². The first-order valence-electron chi connectivity index (χ1n) is 6.57. The lowest BCUT2D eigenvalue weighted by atomic mass is 10.2. The van der Waals surface area contributed by atoms with Gasteiger partial charge in [0.2, 0.25) is 0 Å². The summed E-state index contributed by atoms with van der Waals surface area (Å²) < 4.78 is 1.77. The van der Waals surface area contributed by atoms with Gasteiger partial charge in [-0.15, -0.1) is 0 Å². The standard InChI is InChI=1S/C15H11BrClN3OS/c1-2-20(14(21)9-5-10(16)8-18-7-9)15-19-12-6-11(17)3-4-13(12)22-15/h3-8H,2H2,1H3. The number of fused-ring (bicyclic) bond motifs is 1. The summed E-state index contributed by atoms with van der Waals surface area (Å²) in [6, 6.07) is 7.29. The van der Waals surface area contributed by atoms with Gasteiger partial charge in [-0.3, -0.25) is 14.7 Å². The quantitative estimate of drug-likeness (QED) is 0.640. The smallest absolute Gasteiger partial charge is 0.261 e. The Balaban J connectivity index is 2.00. The molecule has 0 unspecified atom stereocenters. The van der Waals surface area contributed by atoms with Gasteiger partial charge in [-0.25, -0.2) is 4.98 Å². The highest BCUT2D eigenvalue weighted by Crippen LogP contribution is 2.31. The molecule has 1 aromatic carbocycles. The Morgan fingerprint density at radius 2 is 2.18 bits per heavy atom. The van der Waals surface area contributed by atoms with E-state index in [0.717, 1.165) is 14.7 Å². The fourth-order valence-corrected chi connectivity index (χ4v) is 3.59. The van der Waals surface area contributed by atoms with E-state index in [4.69, 9.17) is 11.6 Å². The van der Waals surface area contributed by atoms with Gasteiger partial charge in [0.05, 0.1) is 15.8 Å². The van der Waals surface area contributed by atoms with Crippen LogP contribution in [0.1, 0.15) is 17.3 Å². The minimum atomic E-state index is -0.124. The number of pyridine rings is 1. The molecule has 1 amide bonds. The van der Waals surface area contributed by atoms with Crippen molar-refractivity contribution < 1.29 is 4.79 Å². The molecule has 0 saturated heterocycles. The number of carbonyl (C=O) groups excluding carboxylic acids is 1. The van der Waals surface area contributed by atoms with Crippen LogP contribution in [0.15, 0.2) is 41.1 Å². The summed E-state index contributed by atoms with van der Waals surface area (Å²) in [7, 11) is 0. The maximum Gasteiger partial charge on any atom is 0.261 e. The second-order valence-corrected chi connectivity index (χ2v) is 6.91. The summed E-state index contributed by atoms with van der Waals surface area (Å²) in [4.78, 5) is 22.9. The van der Waals surface area contributed by atoms with Crippen molar-refractivity contribution in [1.29, 1.82) is 0 Å². The molecule has 3 aromatic rings. The van der Waals surface area contributed by atoms with E-state index in [1.54, 1.807) is 29.4 Å². The minimum absolute atomic E-state index is 0.124. The number of hydrogen-bond acceptors (Lipinski definition) is 4. The van der Waals surface area contributed by atoms with Crippen molar-refractivity contribution in [2.24, 2.45) is 0 Å². The molecule has 0 saturated carbocycles. The van der Waals surface area contributed by atoms with E-state index in [-0.39, 0.29) is 5.91 Å². The van der Waals surface area contributed by atoms with Crippen molar-refractivity contribution >= 4 is 60.1 Å². The van der Waals surface area contributed by atoms with E-state index in [1.165, 1.54) is 11.3 Å². The van der Waals surface area contributed by atoms with Crippen LogP contribution in [0.5, 0.6) is 0 Å². The number of thiazole rings is 1. The van der Waals surface area contributed by atoms with E-state index >= 15 is 0 Å². The molecule has 4 nitrogen and oxygen atoms in total. The largest absolute Gasteiger partial charge is 0.284 e. The highest BCUT2D eigenvalue weighted by molar-refractivity contribution is 9.10. The summed E-state index contributed by atoms with van der Waals surface area (Å²) in [5.74, 6) is -0.124. The molecule has 3 rings (SSSR count). The van der Waals surface area contributed by atoms with E-state index in [9.17, 15) is 4.79 Å². The zero-order chi connectivity index (χ0) is 15.7. The number of hydrogen-bond donors (Lipinski definition) is 0. The third-order valence-electron chi connectivity index (χ3n) is 3.08. The average molecular weight is 397 g/mol. The highest BCUT2D eigenvalue weighted by Gasteiger charge is 2.20. The van der Waals surface area contributed by atoms with Gasteiger partial charge in [0.25, 0.3) is 5.91 Å². The molecule has 2 heterocycles. The number of amides is 1. The van der Waals surface area contributed by atoms with Crippen LogP contribution < -0.4 is 4.90 Å². The van der Waals surface area contributed by atoms with Gasteiger partial charge in [0, 0.05) is 28.4 Å². The number of halogens is 2. The van der Waals surface area contributed by atoms with Crippen molar-refractivity contribution in [2.45, 2.75) is 6.92 Å². The third-order valence-corrected chi connectivity index (χ3v) is 4.81. The Labute approximate surface area is 144 Å². The van der Waals surface area contributed by atoms with Crippen molar-refractivity contribution in [3.8, 4) is 0 Å². The fourth-order valence-electron chi connectivity index (χ4n) is 2.05. The van der Waals surface area contributed by atoms with E-state index in [2.05, 4.69) is 25.9 Å². The van der Waals surface area contributed by atoms with Crippen molar-refractivity contribution in [2.75, 3.05) is 11.4 Å². The molecule has 22 heavy (non-hydrogen) atoms. The number of aromatic nitrogens is 2. The number of anilines is 1. The Morgan fingerprint density at radius 3 is 2.91 bits per heavy atom. The summed E-state index contributed by atoms with van der Waals surface area (Å²) in [6.45, 7) is 2.45. The van der Waals surface area contributed by atoms with Crippen molar-refractivity contribution in [3.63, 3.8) is 0 Å². The molecule has 0 N–H and O–H groups in total. The molecular formula is C15H11BrClN3OS. The van der Waals surface area contributed by atoms with Gasteiger partial charge in [-0.05, 0) is 47.1 Å². The predicted octanol–water partition coefficient (Wildman–Crippen LogP) is 4.77. The molecule has 0 aliphatic rings. The average Bonchev–Trinajstić information content (AvgIpc) is 2.90. The molecule has 0 aliphatic heterocycles. The highest BCUT2D eigenvalue weighted by atomic mass is 79.9. The number of benzene rings is 1. The van der Waals surface area contributed by atoms with Gasteiger partial charge < -0.3 is 0 Å². The molecule has 0 aliphatic carbocycles. The third kappa shape index (κ3) is 2.99. The van der Waals surface area contributed by atoms with E-state index in [1.807, 2.05) is 19.1 Å². The molecule has 0 fully saturated rings. The van der Waals surface area contributed by atoms with Crippen LogP contribution >= 0.6 is 38.9 Å². The fraction of sp³-hybridized carbons (Fsp3) is 0.133. The van der Waals surface area contributed by atoms with Gasteiger partial charge in [-0.2, -0.15) is 0 Å². The molecular weight excluding hydrogens is 386 g/mol. The molecule has 0 spiro atoms. The molecule has 0 atom stereocenters. The number of nitrogens with zero attached hydrogens (tertiary/aromatic N) is 3. The summed E-state index contributed by atoms with van der Waals surface area (Å²) in [6.07, 6.45) is 3.20.